The van der Waals surface area contributed by atoms with Gasteiger partial charge in [0, 0.05) is 19.7 Å². The van der Waals surface area contributed by atoms with Gasteiger partial charge in [0.05, 0.1) is 12.0 Å². The standard InChI is InChI=1S/C15H26N2O2/c1-14(5-2-3-6-14)9-17-13(18)15-10-16-8-12(15)4-7-19-11-15/h12,16H,2-11H2,1H3,(H,17,18)/t12-,15+/m1/s1. The number of hydrogen-bond acceptors (Lipinski definition) is 3. The number of carbonyl (C=O) groups is 1. The van der Waals surface area contributed by atoms with E-state index in [4.69, 9.17) is 4.74 Å². The minimum atomic E-state index is -0.298. The van der Waals surface area contributed by atoms with Crippen LogP contribution in [0.25, 0.3) is 0 Å². The molecule has 3 fully saturated rings. The Kier molecular flexibility index (Phi) is 3.56. The Bertz CT molecular complexity index is 352. The van der Waals surface area contributed by atoms with Crippen molar-refractivity contribution < 1.29 is 9.53 Å². The highest BCUT2D eigenvalue weighted by atomic mass is 16.5. The molecule has 19 heavy (non-hydrogen) atoms. The van der Waals surface area contributed by atoms with E-state index in [0.717, 1.165) is 32.7 Å². The second kappa shape index (κ2) is 5.06. The zero-order chi connectivity index (χ0) is 13.3. The van der Waals surface area contributed by atoms with Crippen LogP contribution in [0, 0.1) is 16.7 Å². The van der Waals surface area contributed by atoms with E-state index < -0.39 is 0 Å². The molecule has 1 amide bonds. The molecule has 108 valence electrons. The van der Waals surface area contributed by atoms with Crippen molar-refractivity contribution in [2.24, 2.45) is 16.7 Å². The van der Waals surface area contributed by atoms with Gasteiger partial charge in [-0.3, -0.25) is 4.79 Å². The van der Waals surface area contributed by atoms with E-state index in [1.54, 1.807) is 0 Å². The fourth-order valence-corrected chi connectivity index (χ4v) is 4.04. The molecule has 0 bridgehead atoms. The van der Waals surface area contributed by atoms with Gasteiger partial charge in [-0.2, -0.15) is 0 Å². The lowest BCUT2D eigenvalue weighted by Gasteiger charge is -2.37. The van der Waals surface area contributed by atoms with Gasteiger partial charge in [0.25, 0.3) is 0 Å². The average molecular weight is 266 g/mol. The fourth-order valence-electron chi connectivity index (χ4n) is 4.04. The molecule has 2 heterocycles. The summed E-state index contributed by atoms with van der Waals surface area (Å²) in [5, 5.41) is 6.62. The SMILES string of the molecule is CC1(CNC(=O)[C@]23CNC[C@H]2CCOC3)CCCC1. The minimum Gasteiger partial charge on any atom is -0.380 e. The molecule has 3 aliphatic rings. The van der Waals surface area contributed by atoms with Crippen molar-refractivity contribution in [2.75, 3.05) is 32.8 Å². The Labute approximate surface area is 115 Å². The van der Waals surface area contributed by atoms with Crippen LogP contribution in [0.15, 0.2) is 0 Å². The molecule has 4 heteroatoms. The summed E-state index contributed by atoms with van der Waals surface area (Å²) >= 11 is 0. The lowest BCUT2D eigenvalue weighted by molar-refractivity contribution is -0.141. The van der Waals surface area contributed by atoms with Gasteiger partial charge in [-0.15, -0.1) is 0 Å². The molecule has 0 aromatic heterocycles. The number of ether oxygens (including phenoxy) is 1. The first-order chi connectivity index (χ1) is 9.15. The minimum absolute atomic E-state index is 0.218. The van der Waals surface area contributed by atoms with Gasteiger partial charge in [0.2, 0.25) is 5.91 Å². The number of hydrogen-bond donors (Lipinski definition) is 2. The summed E-state index contributed by atoms with van der Waals surface area (Å²) in [6.07, 6.45) is 6.13. The summed E-state index contributed by atoms with van der Waals surface area (Å²) in [5.41, 5.74) is 0.0244. The summed E-state index contributed by atoms with van der Waals surface area (Å²) in [6.45, 7) is 6.28. The molecule has 2 atom stereocenters. The van der Waals surface area contributed by atoms with Crippen molar-refractivity contribution in [3.05, 3.63) is 0 Å². The van der Waals surface area contributed by atoms with Crippen LogP contribution in [0.3, 0.4) is 0 Å². The summed E-state index contributed by atoms with van der Waals surface area (Å²) in [5.74, 6) is 0.674. The van der Waals surface area contributed by atoms with Gasteiger partial charge < -0.3 is 15.4 Å². The van der Waals surface area contributed by atoms with E-state index >= 15 is 0 Å². The second-order valence-electron chi connectivity index (χ2n) is 7.03. The third-order valence-electron chi connectivity index (χ3n) is 5.52. The number of amides is 1. The predicted molar refractivity (Wildman–Crippen MR) is 73.8 cm³/mol. The molecule has 0 aromatic carbocycles. The molecule has 2 N–H and O–H groups in total. The molecule has 2 aliphatic heterocycles. The predicted octanol–water partition coefficient (Wildman–Crippen LogP) is 1.31. The number of carbonyl (C=O) groups excluding carboxylic acids is 1. The summed E-state index contributed by atoms with van der Waals surface area (Å²) in [6, 6.07) is 0. The van der Waals surface area contributed by atoms with Crippen LogP contribution in [-0.2, 0) is 9.53 Å². The first kappa shape index (κ1) is 13.4. The normalized spacial score (nSPS) is 37.0. The molecular weight excluding hydrogens is 240 g/mol. The van der Waals surface area contributed by atoms with Crippen LogP contribution in [0.1, 0.15) is 39.0 Å². The van der Waals surface area contributed by atoms with Crippen LogP contribution in [0.5, 0.6) is 0 Å². The van der Waals surface area contributed by atoms with E-state index in [2.05, 4.69) is 17.6 Å². The summed E-state index contributed by atoms with van der Waals surface area (Å²) in [4.78, 5) is 12.7. The average Bonchev–Trinajstić information content (AvgIpc) is 3.03. The van der Waals surface area contributed by atoms with Gasteiger partial charge in [0.15, 0.2) is 0 Å². The maximum Gasteiger partial charge on any atom is 0.230 e. The van der Waals surface area contributed by atoms with Crippen molar-refractivity contribution in [3.8, 4) is 0 Å². The maximum atomic E-state index is 12.7. The highest BCUT2D eigenvalue weighted by Crippen LogP contribution is 2.39. The summed E-state index contributed by atoms with van der Waals surface area (Å²) < 4.78 is 5.60. The van der Waals surface area contributed by atoms with Crippen LogP contribution >= 0.6 is 0 Å². The number of fused-ring (bicyclic) bond motifs is 1. The monoisotopic (exact) mass is 266 g/mol. The number of nitrogens with one attached hydrogen (secondary N) is 2. The first-order valence-electron chi connectivity index (χ1n) is 7.72. The van der Waals surface area contributed by atoms with Gasteiger partial charge >= 0.3 is 0 Å². The lowest BCUT2D eigenvalue weighted by Crippen LogP contribution is -2.53. The van der Waals surface area contributed by atoms with Crippen molar-refractivity contribution in [2.45, 2.75) is 39.0 Å². The zero-order valence-corrected chi connectivity index (χ0v) is 12.0. The van der Waals surface area contributed by atoms with E-state index in [-0.39, 0.29) is 11.3 Å². The van der Waals surface area contributed by atoms with Crippen LogP contribution in [0.4, 0.5) is 0 Å². The van der Waals surface area contributed by atoms with E-state index in [1.807, 2.05) is 0 Å². The van der Waals surface area contributed by atoms with E-state index in [0.29, 0.717) is 17.9 Å². The Balaban J connectivity index is 1.62. The van der Waals surface area contributed by atoms with Crippen molar-refractivity contribution in [1.82, 2.24) is 10.6 Å². The largest absolute Gasteiger partial charge is 0.380 e. The van der Waals surface area contributed by atoms with Gasteiger partial charge in [-0.25, -0.2) is 0 Å². The highest BCUT2D eigenvalue weighted by Gasteiger charge is 2.51. The molecule has 2 saturated heterocycles. The third-order valence-corrected chi connectivity index (χ3v) is 5.52. The van der Waals surface area contributed by atoms with Gasteiger partial charge in [-0.05, 0) is 37.1 Å². The van der Waals surface area contributed by atoms with Crippen LogP contribution in [-0.4, -0.2) is 38.8 Å². The highest BCUT2D eigenvalue weighted by molar-refractivity contribution is 5.84. The second-order valence-corrected chi connectivity index (χ2v) is 7.03. The Hall–Kier alpha value is -0.610. The van der Waals surface area contributed by atoms with Crippen molar-refractivity contribution in [1.29, 1.82) is 0 Å². The van der Waals surface area contributed by atoms with Crippen LogP contribution < -0.4 is 10.6 Å². The zero-order valence-electron chi connectivity index (χ0n) is 12.0. The van der Waals surface area contributed by atoms with E-state index in [9.17, 15) is 4.79 Å². The van der Waals surface area contributed by atoms with Gasteiger partial charge in [0.1, 0.15) is 0 Å². The van der Waals surface area contributed by atoms with E-state index in [1.165, 1.54) is 25.7 Å². The molecule has 3 rings (SSSR count). The van der Waals surface area contributed by atoms with Crippen LogP contribution in [0.2, 0.25) is 0 Å². The molecule has 4 nitrogen and oxygen atoms in total. The topological polar surface area (TPSA) is 50.4 Å². The fraction of sp³-hybridized carbons (Fsp3) is 0.933. The molecule has 0 radical (unpaired) electrons. The lowest BCUT2D eigenvalue weighted by atomic mass is 9.74. The Morgan fingerprint density at radius 2 is 2.21 bits per heavy atom. The smallest absolute Gasteiger partial charge is 0.230 e. The maximum absolute atomic E-state index is 12.7. The quantitative estimate of drug-likeness (QED) is 0.810. The molecule has 0 unspecified atom stereocenters. The Morgan fingerprint density at radius 3 is 3.00 bits per heavy atom. The molecule has 1 saturated carbocycles. The molecular formula is C15H26N2O2. The van der Waals surface area contributed by atoms with Gasteiger partial charge in [-0.1, -0.05) is 19.8 Å². The third kappa shape index (κ3) is 2.40. The first-order valence-corrected chi connectivity index (χ1v) is 7.72. The molecule has 0 aromatic rings. The van der Waals surface area contributed by atoms with Crippen molar-refractivity contribution in [3.63, 3.8) is 0 Å². The molecule has 1 aliphatic carbocycles. The Morgan fingerprint density at radius 1 is 1.42 bits per heavy atom. The van der Waals surface area contributed by atoms with Crippen molar-refractivity contribution >= 4 is 5.91 Å². The summed E-state index contributed by atoms with van der Waals surface area (Å²) in [7, 11) is 0. The molecule has 0 spiro atoms. The number of rotatable bonds is 3.